The predicted octanol–water partition coefficient (Wildman–Crippen LogP) is 4.16. The van der Waals surface area contributed by atoms with Crippen molar-refractivity contribution in [2.24, 2.45) is 5.11 Å². The minimum absolute atomic E-state index is 0.251. The number of hydrogen-bond donors (Lipinski definition) is 0. The topological polar surface area (TPSA) is 104 Å². The maximum Gasteiger partial charge on any atom is 0.211 e. The van der Waals surface area contributed by atoms with Crippen molar-refractivity contribution in [3.63, 3.8) is 0 Å². The number of hydrogen-bond acceptors (Lipinski definition) is 7. The third-order valence-electron chi connectivity index (χ3n) is 5.28. The third kappa shape index (κ3) is 4.88. The smallest absolute Gasteiger partial charge is 0.211 e. The molecule has 168 valence electrons. The summed E-state index contributed by atoms with van der Waals surface area (Å²) in [5, 5.41) is 3.94. The van der Waals surface area contributed by atoms with Crippen LogP contribution in [0, 0.1) is 0 Å². The molecule has 2 aromatic carbocycles. The lowest BCUT2D eigenvalue weighted by molar-refractivity contribution is -0.335. The zero-order valence-corrected chi connectivity index (χ0v) is 17.7. The SMILES string of the molecule is C=CCO[C@@H]1[C@@H](N=[N+]=[N-])[C@H](Oc2ccc(OC)cc2)O[C@@H]2CO[C@H](c3ccccc3)O[C@H]12. The van der Waals surface area contributed by atoms with Crippen LogP contribution in [0.1, 0.15) is 11.9 Å². The summed E-state index contributed by atoms with van der Waals surface area (Å²) in [5.41, 5.74) is 10.1. The van der Waals surface area contributed by atoms with Crippen LogP contribution in [-0.4, -0.2) is 51.0 Å². The molecule has 9 nitrogen and oxygen atoms in total. The minimum Gasteiger partial charge on any atom is -0.497 e. The van der Waals surface area contributed by atoms with Gasteiger partial charge in [-0.1, -0.05) is 41.5 Å². The molecule has 0 saturated carbocycles. The van der Waals surface area contributed by atoms with Crippen LogP contribution in [0.2, 0.25) is 0 Å². The molecule has 0 N–H and O–H groups in total. The first-order chi connectivity index (χ1) is 15.7. The van der Waals surface area contributed by atoms with Gasteiger partial charge in [-0.15, -0.1) is 6.58 Å². The van der Waals surface area contributed by atoms with Crippen molar-refractivity contribution in [2.45, 2.75) is 36.9 Å². The first-order valence-electron chi connectivity index (χ1n) is 10.3. The number of rotatable bonds is 8. The highest BCUT2D eigenvalue weighted by Gasteiger charge is 2.51. The fourth-order valence-corrected chi connectivity index (χ4v) is 3.78. The molecule has 2 aromatic rings. The average Bonchev–Trinajstić information content (AvgIpc) is 2.84. The Hall–Kier alpha value is -3.07. The summed E-state index contributed by atoms with van der Waals surface area (Å²) in [6.45, 7) is 4.24. The molecule has 6 atom stereocenters. The van der Waals surface area contributed by atoms with Gasteiger partial charge in [0.15, 0.2) is 6.29 Å². The molecule has 0 amide bonds. The number of ether oxygens (including phenoxy) is 6. The van der Waals surface area contributed by atoms with Gasteiger partial charge in [-0.3, -0.25) is 0 Å². The largest absolute Gasteiger partial charge is 0.497 e. The molecule has 2 fully saturated rings. The second kappa shape index (κ2) is 10.5. The van der Waals surface area contributed by atoms with Gasteiger partial charge in [-0.2, -0.15) is 0 Å². The molecule has 0 spiro atoms. The van der Waals surface area contributed by atoms with Crippen LogP contribution in [0.3, 0.4) is 0 Å². The van der Waals surface area contributed by atoms with Crippen LogP contribution >= 0.6 is 0 Å². The van der Waals surface area contributed by atoms with Crippen molar-refractivity contribution in [1.82, 2.24) is 0 Å². The first kappa shape index (κ1) is 22.1. The lowest BCUT2D eigenvalue weighted by Gasteiger charge is -2.47. The average molecular weight is 439 g/mol. The molecule has 2 heterocycles. The Morgan fingerprint density at radius 1 is 1.12 bits per heavy atom. The van der Waals surface area contributed by atoms with E-state index in [0.717, 1.165) is 5.56 Å². The van der Waals surface area contributed by atoms with E-state index >= 15 is 0 Å². The molecular formula is C23H25N3O6. The first-order valence-corrected chi connectivity index (χ1v) is 10.3. The summed E-state index contributed by atoms with van der Waals surface area (Å²) >= 11 is 0. The molecule has 0 bridgehead atoms. The van der Waals surface area contributed by atoms with E-state index in [-0.39, 0.29) is 13.2 Å². The van der Waals surface area contributed by atoms with Gasteiger partial charge in [0.25, 0.3) is 0 Å². The number of nitrogens with zero attached hydrogens (tertiary/aromatic N) is 3. The van der Waals surface area contributed by atoms with Gasteiger partial charge in [0.2, 0.25) is 6.29 Å². The maximum atomic E-state index is 9.23. The summed E-state index contributed by atoms with van der Waals surface area (Å²) in [4.78, 5) is 3.00. The summed E-state index contributed by atoms with van der Waals surface area (Å²) in [7, 11) is 1.59. The lowest BCUT2D eigenvalue weighted by atomic mass is 9.96. The van der Waals surface area contributed by atoms with Crippen molar-refractivity contribution in [3.8, 4) is 11.5 Å². The highest BCUT2D eigenvalue weighted by molar-refractivity contribution is 5.31. The lowest BCUT2D eigenvalue weighted by Crippen LogP contribution is -2.63. The molecular weight excluding hydrogens is 414 g/mol. The van der Waals surface area contributed by atoms with E-state index in [9.17, 15) is 5.53 Å². The number of benzene rings is 2. The number of methoxy groups -OCH3 is 1. The Morgan fingerprint density at radius 3 is 2.56 bits per heavy atom. The molecule has 0 aromatic heterocycles. The standard InChI is InChI=1S/C23H25N3O6/c1-3-13-28-21-19(25-26-24)23(30-17-11-9-16(27-2)10-12-17)31-18-14-29-22(32-20(18)21)15-7-5-4-6-8-15/h3-12,18-23H,1,13-14H2,2H3/t18-,19-,20+,21-,22+,23-/m1/s1. The Balaban J connectivity index is 1.58. The van der Waals surface area contributed by atoms with Gasteiger partial charge in [0.05, 0.1) is 20.3 Å². The summed E-state index contributed by atoms with van der Waals surface area (Å²) in [5.74, 6) is 1.23. The van der Waals surface area contributed by atoms with E-state index < -0.39 is 36.9 Å². The van der Waals surface area contributed by atoms with Crippen LogP contribution in [-0.2, 0) is 18.9 Å². The van der Waals surface area contributed by atoms with Crippen molar-refractivity contribution in [1.29, 1.82) is 0 Å². The van der Waals surface area contributed by atoms with Gasteiger partial charge in [0.1, 0.15) is 35.9 Å². The van der Waals surface area contributed by atoms with E-state index in [1.807, 2.05) is 30.3 Å². The zero-order valence-electron chi connectivity index (χ0n) is 17.7. The fraction of sp³-hybridized carbons (Fsp3) is 0.391. The van der Waals surface area contributed by atoms with Crippen LogP contribution in [0.15, 0.2) is 72.4 Å². The second-order valence-corrected chi connectivity index (χ2v) is 7.30. The quantitative estimate of drug-likeness (QED) is 0.265. The summed E-state index contributed by atoms with van der Waals surface area (Å²) in [6.07, 6.45) is -1.47. The van der Waals surface area contributed by atoms with Gasteiger partial charge >= 0.3 is 0 Å². The van der Waals surface area contributed by atoms with Gasteiger partial charge in [-0.05, 0) is 29.8 Å². The molecule has 2 aliphatic rings. The molecule has 32 heavy (non-hydrogen) atoms. The van der Waals surface area contributed by atoms with Crippen molar-refractivity contribution < 1.29 is 28.4 Å². The van der Waals surface area contributed by atoms with Crippen LogP contribution in [0.25, 0.3) is 10.4 Å². The van der Waals surface area contributed by atoms with E-state index in [4.69, 9.17) is 28.4 Å². The van der Waals surface area contributed by atoms with E-state index in [1.54, 1.807) is 37.5 Å². The van der Waals surface area contributed by atoms with E-state index in [2.05, 4.69) is 16.6 Å². The Bertz CT molecular complexity index is 935. The highest BCUT2D eigenvalue weighted by atomic mass is 16.8. The molecule has 9 heteroatoms. The number of fused-ring (bicyclic) bond motifs is 1. The Morgan fingerprint density at radius 2 is 1.88 bits per heavy atom. The predicted molar refractivity (Wildman–Crippen MR) is 115 cm³/mol. The molecule has 0 aliphatic carbocycles. The second-order valence-electron chi connectivity index (χ2n) is 7.30. The molecule has 0 unspecified atom stereocenters. The van der Waals surface area contributed by atoms with Crippen molar-refractivity contribution >= 4 is 0 Å². The normalized spacial score (nSPS) is 29.3. The monoisotopic (exact) mass is 439 g/mol. The van der Waals surface area contributed by atoms with Crippen LogP contribution < -0.4 is 9.47 Å². The van der Waals surface area contributed by atoms with Crippen molar-refractivity contribution in [2.75, 3.05) is 20.3 Å². The Kier molecular flexibility index (Phi) is 7.26. The Labute approximate surface area is 186 Å². The van der Waals surface area contributed by atoms with Crippen molar-refractivity contribution in [3.05, 3.63) is 83.3 Å². The highest BCUT2D eigenvalue weighted by Crippen LogP contribution is 2.37. The van der Waals surface area contributed by atoms with Gasteiger partial charge in [0, 0.05) is 10.5 Å². The minimum atomic E-state index is -0.893. The fourth-order valence-electron chi connectivity index (χ4n) is 3.78. The summed E-state index contributed by atoms with van der Waals surface area (Å²) in [6, 6.07) is 15.9. The molecule has 4 rings (SSSR count). The van der Waals surface area contributed by atoms with E-state index in [1.165, 1.54) is 0 Å². The number of azide groups is 1. The molecule has 0 radical (unpaired) electrons. The zero-order chi connectivity index (χ0) is 22.3. The summed E-state index contributed by atoms with van der Waals surface area (Å²) < 4.78 is 35.5. The van der Waals surface area contributed by atoms with Gasteiger partial charge < -0.3 is 28.4 Å². The van der Waals surface area contributed by atoms with Crippen LogP contribution in [0.4, 0.5) is 0 Å². The molecule has 2 aliphatic heterocycles. The van der Waals surface area contributed by atoms with E-state index in [0.29, 0.717) is 11.5 Å². The maximum absolute atomic E-state index is 9.23. The third-order valence-corrected chi connectivity index (χ3v) is 5.28. The van der Waals surface area contributed by atoms with Gasteiger partial charge in [-0.25, -0.2) is 0 Å². The molecule has 2 saturated heterocycles. The van der Waals surface area contributed by atoms with Crippen LogP contribution in [0.5, 0.6) is 11.5 Å².